The molecule has 1 aromatic heterocycles. The van der Waals surface area contributed by atoms with Crippen LogP contribution in [-0.2, 0) is 9.53 Å². The fourth-order valence-electron chi connectivity index (χ4n) is 3.54. The molecule has 0 bridgehead atoms. The van der Waals surface area contributed by atoms with Crippen LogP contribution in [0.2, 0.25) is 5.02 Å². The number of ether oxygens (including phenoxy) is 1. The molecule has 150 valence electrons. The third-order valence-electron chi connectivity index (χ3n) is 5.04. The van der Waals surface area contributed by atoms with Crippen molar-refractivity contribution in [1.82, 2.24) is 14.9 Å². The smallest absolute Gasteiger partial charge is 0.225 e. The highest BCUT2D eigenvalue weighted by molar-refractivity contribution is 6.30. The average Bonchev–Trinajstić information content (AvgIpc) is 2.72. The molecule has 7 heteroatoms. The fourth-order valence-corrected chi connectivity index (χ4v) is 3.66. The van der Waals surface area contributed by atoms with Gasteiger partial charge in [0.15, 0.2) is 0 Å². The summed E-state index contributed by atoms with van der Waals surface area (Å²) in [4.78, 5) is 25.7. The molecule has 0 radical (unpaired) electrons. The summed E-state index contributed by atoms with van der Waals surface area (Å²) in [5, 5.41) is 0.698. The zero-order valence-electron chi connectivity index (χ0n) is 16.7. The molecular weight excluding hydrogens is 376 g/mol. The van der Waals surface area contributed by atoms with E-state index in [9.17, 15) is 4.79 Å². The van der Waals surface area contributed by atoms with Gasteiger partial charge in [0.1, 0.15) is 0 Å². The number of methoxy groups -OCH3 is 1. The number of carbonyl (C=O) groups excluding carboxylic acids is 1. The van der Waals surface area contributed by atoms with Crippen LogP contribution in [0.15, 0.2) is 30.5 Å². The van der Waals surface area contributed by atoms with E-state index in [0.717, 1.165) is 36.2 Å². The van der Waals surface area contributed by atoms with Crippen LogP contribution in [0.4, 0.5) is 5.95 Å². The molecule has 0 saturated carbocycles. The second-order valence-corrected chi connectivity index (χ2v) is 7.73. The molecule has 1 saturated heterocycles. The van der Waals surface area contributed by atoms with Crippen LogP contribution in [0, 0.1) is 0 Å². The number of halogens is 1. The largest absolute Gasteiger partial charge is 0.384 e. The second kappa shape index (κ2) is 9.34. The molecule has 2 heterocycles. The summed E-state index contributed by atoms with van der Waals surface area (Å²) in [5.74, 6) is 0.990. The van der Waals surface area contributed by atoms with E-state index in [1.54, 1.807) is 7.11 Å². The van der Waals surface area contributed by atoms with Crippen LogP contribution >= 0.6 is 11.6 Å². The minimum absolute atomic E-state index is 0.140. The molecule has 1 aromatic carbocycles. The lowest BCUT2D eigenvalue weighted by molar-refractivity contribution is -0.133. The van der Waals surface area contributed by atoms with Gasteiger partial charge in [-0.25, -0.2) is 9.97 Å². The van der Waals surface area contributed by atoms with Gasteiger partial charge in [-0.05, 0) is 30.5 Å². The summed E-state index contributed by atoms with van der Waals surface area (Å²) in [6.07, 6.45) is 4.26. The minimum atomic E-state index is 0.140. The number of likely N-dealkylation sites (tertiary alicyclic amines) is 1. The maximum Gasteiger partial charge on any atom is 0.225 e. The number of rotatable bonds is 6. The first-order chi connectivity index (χ1) is 13.5. The highest BCUT2D eigenvalue weighted by atomic mass is 35.5. The SMILES string of the molecule is COCCC(=O)N1CCC[C@@H](c2nc(N(C)C)ncc2-c2ccc(Cl)cc2)C1. The Balaban J connectivity index is 1.92. The molecule has 6 nitrogen and oxygen atoms in total. The van der Waals surface area contributed by atoms with E-state index < -0.39 is 0 Å². The zero-order valence-corrected chi connectivity index (χ0v) is 17.4. The lowest BCUT2D eigenvalue weighted by Crippen LogP contribution is -2.39. The zero-order chi connectivity index (χ0) is 20.1. The highest BCUT2D eigenvalue weighted by Gasteiger charge is 2.28. The van der Waals surface area contributed by atoms with Crippen molar-refractivity contribution in [3.05, 3.63) is 41.2 Å². The van der Waals surface area contributed by atoms with E-state index in [4.69, 9.17) is 21.3 Å². The Morgan fingerprint density at radius 1 is 1.32 bits per heavy atom. The molecule has 1 aliphatic rings. The lowest BCUT2D eigenvalue weighted by Gasteiger charge is -2.33. The molecular formula is C21H27ClN4O2. The number of carbonyl (C=O) groups is 1. The van der Waals surface area contributed by atoms with Gasteiger partial charge >= 0.3 is 0 Å². The summed E-state index contributed by atoms with van der Waals surface area (Å²) < 4.78 is 5.06. The first-order valence-corrected chi connectivity index (χ1v) is 9.94. The fraction of sp³-hybridized carbons (Fsp3) is 0.476. The summed E-state index contributed by atoms with van der Waals surface area (Å²) in [5.41, 5.74) is 3.02. The molecule has 1 aliphatic heterocycles. The van der Waals surface area contributed by atoms with Gasteiger partial charge in [-0.2, -0.15) is 0 Å². The van der Waals surface area contributed by atoms with Crippen molar-refractivity contribution >= 4 is 23.5 Å². The summed E-state index contributed by atoms with van der Waals surface area (Å²) in [7, 11) is 5.49. The standard InChI is InChI=1S/C21H27ClN4O2/c1-25(2)21-23-13-18(15-6-8-17(22)9-7-15)20(24-21)16-5-4-11-26(14-16)19(27)10-12-28-3/h6-9,13,16H,4-5,10-12,14H2,1-3H3/t16-/m1/s1. The van der Waals surface area contributed by atoms with Gasteiger partial charge in [0.25, 0.3) is 0 Å². The predicted molar refractivity (Wildman–Crippen MR) is 112 cm³/mol. The molecule has 1 fully saturated rings. The monoisotopic (exact) mass is 402 g/mol. The third-order valence-corrected chi connectivity index (χ3v) is 5.29. The molecule has 0 aliphatic carbocycles. The van der Waals surface area contributed by atoms with Crippen LogP contribution in [0.5, 0.6) is 0 Å². The number of benzene rings is 1. The van der Waals surface area contributed by atoms with Gasteiger partial charge in [0, 0.05) is 57.0 Å². The van der Waals surface area contributed by atoms with Gasteiger partial charge < -0.3 is 14.5 Å². The number of nitrogens with zero attached hydrogens (tertiary/aromatic N) is 4. The van der Waals surface area contributed by atoms with Crippen LogP contribution in [0.1, 0.15) is 30.9 Å². The Morgan fingerprint density at radius 2 is 2.07 bits per heavy atom. The van der Waals surface area contributed by atoms with Gasteiger partial charge in [0.2, 0.25) is 11.9 Å². The first kappa shape index (κ1) is 20.6. The topological polar surface area (TPSA) is 58.6 Å². The van der Waals surface area contributed by atoms with Crippen LogP contribution in [0.25, 0.3) is 11.1 Å². The van der Waals surface area contributed by atoms with Crippen molar-refractivity contribution in [3.8, 4) is 11.1 Å². The number of anilines is 1. The molecule has 0 N–H and O–H groups in total. The number of piperidine rings is 1. The van der Waals surface area contributed by atoms with Gasteiger partial charge in [-0.15, -0.1) is 0 Å². The van der Waals surface area contributed by atoms with E-state index in [1.165, 1.54) is 0 Å². The lowest BCUT2D eigenvalue weighted by atomic mass is 9.90. The Kier molecular flexibility index (Phi) is 6.86. The first-order valence-electron chi connectivity index (χ1n) is 9.56. The van der Waals surface area contributed by atoms with Crippen molar-refractivity contribution in [2.45, 2.75) is 25.2 Å². The number of hydrogen-bond acceptors (Lipinski definition) is 5. The van der Waals surface area contributed by atoms with Gasteiger partial charge in [-0.3, -0.25) is 4.79 Å². The van der Waals surface area contributed by atoms with E-state index in [0.29, 0.717) is 30.5 Å². The Labute approximate surface area is 171 Å². The van der Waals surface area contributed by atoms with Crippen molar-refractivity contribution in [1.29, 1.82) is 0 Å². The van der Waals surface area contributed by atoms with Crippen molar-refractivity contribution in [3.63, 3.8) is 0 Å². The highest BCUT2D eigenvalue weighted by Crippen LogP contribution is 2.34. The Bertz CT molecular complexity index is 811. The normalized spacial score (nSPS) is 16.9. The van der Waals surface area contributed by atoms with Gasteiger partial charge in [-0.1, -0.05) is 23.7 Å². The molecule has 2 aromatic rings. The third kappa shape index (κ3) is 4.80. The maximum atomic E-state index is 12.5. The second-order valence-electron chi connectivity index (χ2n) is 7.29. The summed E-state index contributed by atoms with van der Waals surface area (Å²) in [6.45, 7) is 1.92. The van der Waals surface area contributed by atoms with E-state index >= 15 is 0 Å². The van der Waals surface area contributed by atoms with Crippen molar-refractivity contribution in [2.75, 3.05) is 45.8 Å². The van der Waals surface area contributed by atoms with Crippen LogP contribution < -0.4 is 4.90 Å². The quantitative estimate of drug-likeness (QED) is 0.738. The average molecular weight is 403 g/mol. The van der Waals surface area contributed by atoms with Gasteiger partial charge in [0.05, 0.1) is 18.7 Å². The number of amides is 1. The molecule has 1 atom stereocenters. The molecule has 3 rings (SSSR count). The van der Waals surface area contributed by atoms with Crippen LogP contribution in [-0.4, -0.2) is 61.7 Å². The molecule has 1 amide bonds. The predicted octanol–water partition coefficient (Wildman–Crippen LogP) is 3.61. The number of hydrogen-bond donors (Lipinski definition) is 0. The molecule has 0 unspecified atom stereocenters. The minimum Gasteiger partial charge on any atom is -0.384 e. The summed E-state index contributed by atoms with van der Waals surface area (Å²) >= 11 is 6.06. The van der Waals surface area contributed by atoms with Crippen molar-refractivity contribution in [2.24, 2.45) is 0 Å². The van der Waals surface area contributed by atoms with E-state index in [2.05, 4.69) is 4.98 Å². The Hall–Kier alpha value is -2.18. The molecule has 0 spiro atoms. The summed E-state index contributed by atoms with van der Waals surface area (Å²) in [6, 6.07) is 7.73. The van der Waals surface area contributed by atoms with E-state index in [1.807, 2.05) is 54.4 Å². The van der Waals surface area contributed by atoms with E-state index in [-0.39, 0.29) is 11.8 Å². The molecule has 28 heavy (non-hydrogen) atoms. The number of aromatic nitrogens is 2. The van der Waals surface area contributed by atoms with Crippen LogP contribution in [0.3, 0.4) is 0 Å². The Morgan fingerprint density at radius 3 is 2.75 bits per heavy atom. The maximum absolute atomic E-state index is 12.5. The van der Waals surface area contributed by atoms with Crippen molar-refractivity contribution < 1.29 is 9.53 Å².